The SMILES string of the molecule is CN1C(=O)C(O)C(Cc2ccc(F)cc2)(C(N)=O)N=C1C(=O)NCc1ccccn1. The zero-order valence-corrected chi connectivity index (χ0v) is 16.1. The molecule has 156 valence electrons. The first-order valence-electron chi connectivity index (χ1n) is 9.02. The number of carbonyl (C=O) groups excluding carboxylic acids is 3. The number of primary amides is 1. The molecule has 0 bridgehead atoms. The van der Waals surface area contributed by atoms with Crippen LogP contribution in [0.5, 0.6) is 0 Å². The number of carbonyl (C=O) groups is 3. The Morgan fingerprint density at radius 2 is 1.97 bits per heavy atom. The predicted molar refractivity (Wildman–Crippen MR) is 104 cm³/mol. The van der Waals surface area contributed by atoms with Crippen LogP contribution in [0.25, 0.3) is 0 Å². The number of rotatable bonds is 6. The number of benzene rings is 1. The lowest BCUT2D eigenvalue weighted by Gasteiger charge is -2.38. The lowest BCUT2D eigenvalue weighted by atomic mass is 9.83. The minimum atomic E-state index is -2.11. The number of likely N-dealkylation sites (N-methyl/N-ethyl adjacent to an activating group) is 1. The number of nitrogens with one attached hydrogen (secondary N) is 1. The summed E-state index contributed by atoms with van der Waals surface area (Å²) in [7, 11) is 1.26. The Hall–Kier alpha value is -3.66. The zero-order chi connectivity index (χ0) is 21.9. The van der Waals surface area contributed by atoms with Crippen molar-refractivity contribution in [3.05, 3.63) is 65.7 Å². The van der Waals surface area contributed by atoms with E-state index in [0.717, 1.165) is 17.0 Å². The van der Waals surface area contributed by atoms with Crippen LogP contribution in [0.15, 0.2) is 53.7 Å². The van der Waals surface area contributed by atoms with Crippen molar-refractivity contribution in [2.24, 2.45) is 10.7 Å². The third kappa shape index (κ3) is 4.03. The Bertz CT molecular complexity index is 996. The molecule has 2 unspecified atom stereocenters. The average molecular weight is 413 g/mol. The summed E-state index contributed by atoms with van der Waals surface area (Å²) in [6.07, 6.45) is -0.635. The summed E-state index contributed by atoms with van der Waals surface area (Å²) >= 11 is 0. The van der Waals surface area contributed by atoms with Crippen molar-refractivity contribution in [1.29, 1.82) is 0 Å². The van der Waals surface area contributed by atoms with E-state index in [2.05, 4.69) is 15.3 Å². The summed E-state index contributed by atoms with van der Waals surface area (Å²) < 4.78 is 13.2. The first-order chi connectivity index (χ1) is 14.2. The maximum atomic E-state index is 13.2. The lowest BCUT2D eigenvalue weighted by molar-refractivity contribution is -0.146. The molecule has 2 heterocycles. The van der Waals surface area contributed by atoms with Gasteiger partial charge < -0.3 is 16.2 Å². The third-order valence-corrected chi connectivity index (χ3v) is 4.81. The average Bonchev–Trinajstić information content (AvgIpc) is 2.74. The Balaban J connectivity index is 1.94. The van der Waals surface area contributed by atoms with Crippen molar-refractivity contribution in [3.8, 4) is 0 Å². The van der Waals surface area contributed by atoms with Gasteiger partial charge in [0.2, 0.25) is 5.91 Å². The van der Waals surface area contributed by atoms with Crippen molar-refractivity contribution in [1.82, 2.24) is 15.2 Å². The molecule has 0 saturated heterocycles. The molecule has 9 nitrogen and oxygen atoms in total. The van der Waals surface area contributed by atoms with E-state index in [0.29, 0.717) is 11.3 Å². The van der Waals surface area contributed by atoms with Crippen LogP contribution in [0.3, 0.4) is 0 Å². The molecule has 0 saturated carbocycles. The zero-order valence-electron chi connectivity index (χ0n) is 16.1. The van der Waals surface area contributed by atoms with Gasteiger partial charge in [0.25, 0.3) is 11.8 Å². The second-order valence-electron chi connectivity index (χ2n) is 6.83. The van der Waals surface area contributed by atoms with Gasteiger partial charge in [-0.3, -0.25) is 24.3 Å². The highest BCUT2D eigenvalue weighted by atomic mass is 19.1. The van der Waals surface area contributed by atoms with Gasteiger partial charge in [-0.1, -0.05) is 18.2 Å². The lowest BCUT2D eigenvalue weighted by Crippen LogP contribution is -2.65. The molecule has 10 heteroatoms. The maximum absolute atomic E-state index is 13.2. The van der Waals surface area contributed by atoms with Crippen LogP contribution < -0.4 is 11.1 Å². The monoisotopic (exact) mass is 413 g/mol. The van der Waals surface area contributed by atoms with Crippen LogP contribution in [0.4, 0.5) is 4.39 Å². The molecule has 0 spiro atoms. The second kappa shape index (κ2) is 8.37. The number of pyridine rings is 1. The number of hydrogen-bond donors (Lipinski definition) is 3. The number of amides is 3. The second-order valence-corrected chi connectivity index (χ2v) is 6.83. The van der Waals surface area contributed by atoms with E-state index in [9.17, 15) is 23.9 Å². The molecule has 1 aliphatic rings. The number of nitrogens with two attached hydrogens (primary N) is 1. The highest BCUT2D eigenvalue weighted by Crippen LogP contribution is 2.28. The fraction of sp³-hybridized carbons (Fsp3) is 0.250. The summed E-state index contributed by atoms with van der Waals surface area (Å²) in [5.74, 6) is -3.61. The molecule has 1 aromatic carbocycles. The highest BCUT2D eigenvalue weighted by molar-refractivity contribution is 6.41. The van der Waals surface area contributed by atoms with Crippen LogP contribution in [-0.2, 0) is 27.3 Å². The van der Waals surface area contributed by atoms with E-state index >= 15 is 0 Å². The number of halogens is 1. The number of aliphatic hydroxyl groups is 1. The van der Waals surface area contributed by atoms with Crippen molar-refractivity contribution >= 4 is 23.6 Å². The normalized spacial score (nSPS) is 21.2. The minimum Gasteiger partial charge on any atom is -0.380 e. The van der Waals surface area contributed by atoms with Crippen molar-refractivity contribution in [3.63, 3.8) is 0 Å². The molecule has 3 rings (SSSR count). The molecule has 2 atom stereocenters. The Morgan fingerprint density at radius 3 is 2.57 bits per heavy atom. The fourth-order valence-corrected chi connectivity index (χ4v) is 3.10. The van der Waals surface area contributed by atoms with E-state index in [1.807, 2.05) is 0 Å². The highest BCUT2D eigenvalue weighted by Gasteiger charge is 2.53. The van der Waals surface area contributed by atoms with E-state index in [-0.39, 0.29) is 18.8 Å². The summed E-state index contributed by atoms with van der Waals surface area (Å²) in [5.41, 5.74) is 4.38. The van der Waals surface area contributed by atoms with Crippen LogP contribution in [-0.4, -0.2) is 57.2 Å². The summed E-state index contributed by atoms with van der Waals surface area (Å²) in [5, 5.41) is 13.1. The number of aromatic nitrogens is 1. The Morgan fingerprint density at radius 1 is 1.27 bits per heavy atom. The molecule has 0 radical (unpaired) electrons. The van der Waals surface area contributed by atoms with Crippen LogP contribution >= 0.6 is 0 Å². The van der Waals surface area contributed by atoms with E-state index < -0.39 is 35.2 Å². The number of amidine groups is 1. The van der Waals surface area contributed by atoms with Crippen LogP contribution in [0.1, 0.15) is 11.3 Å². The van der Waals surface area contributed by atoms with Gasteiger partial charge in [-0.2, -0.15) is 0 Å². The molecule has 2 aromatic rings. The molecule has 1 aliphatic heterocycles. The Kier molecular flexibility index (Phi) is 5.88. The van der Waals surface area contributed by atoms with E-state index in [1.165, 1.54) is 19.2 Å². The van der Waals surface area contributed by atoms with Crippen LogP contribution in [0.2, 0.25) is 0 Å². The first-order valence-corrected chi connectivity index (χ1v) is 9.02. The minimum absolute atomic E-state index is 0.0603. The molecule has 1 aromatic heterocycles. The molecular weight excluding hydrogens is 393 g/mol. The van der Waals surface area contributed by atoms with Gasteiger partial charge in [0, 0.05) is 19.7 Å². The van der Waals surface area contributed by atoms with Gasteiger partial charge in [0.05, 0.1) is 12.2 Å². The third-order valence-electron chi connectivity index (χ3n) is 4.81. The molecule has 4 N–H and O–H groups in total. The van der Waals surface area contributed by atoms with E-state index in [1.54, 1.807) is 24.4 Å². The largest absolute Gasteiger partial charge is 0.380 e. The van der Waals surface area contributed by atoms with Gasteiger partial charge in [-0.15, -0.1) is 0 Å². The molecule has 30 heavy (non-hydrogen) atoms. The summed E-state index contributed by atoms with van der Waals surface area (Å²) in [6.45, 7) is 0.0603. The Labute approximate surface area is 171 Å². The van der Waals surface area contributed by atoms with Gasteiger partial charge in [0.15, 0.2) is 17.5 Å². The van der Waals surface area contributed by atoms with Gasteiger partial charge in [-0.25, -0.2) is 9.38 Å². The number of nitrogens with zero attached hydrogens (tertiary/aromatic N) is 3. The van der Waals surface area contributed by atoms with Crippen molar-refractivity contribution in [2.45, 2.75) is 24.6 Å². The quantitative estimate of drug-likeness (QED) is 0.588. The van der Waals surface area contributed by atoms with Crippen LogP contribution in [0, 0.1) is 5.82 Å². The number of aliphatic hydroxyl groups excluding tert-OH is 1. The first kappa shape index (κ1) is 21.1. The van der Waals surface area contributed by atoms with E-state index in [4.69, 9.17) is 5.73 Å². The summed E-state index contributed by atoms with van der Waals surface area (Å²) in [6, 6.07) is 10.3. The standard InChI is InChI=1S/C20H20FN5O4/c1-26-16(17(28)24-11-14-4-2-3-9-23-14)25-20(19(22)30,15(27)18(26)29)10-12-5-7-13(21)8-6-12/h2-9,15,27H,10-11H2,1H3,(H2,22,30)(H,24,28). The smallest absolute Gasteiger partial charge is 0.287 e. The van der Waals surface area contributed by atoms with Gasteiger partial charge >= 0.3 is 0 Å². The number of hydrogen-bond acceptors (Lipinski definition) is 6. The molecule has 0 fully saturated rings. The van der Waals surface area contributed by atoms with Crippen molar-refractivity contribution in [2.75, 3.05) is 7.05 Å². The van der Waals surface area contributed by atoms with Gasteiger partial charge in [-0.05, 0) is 29.8 Å². The summed E-state index contributed by atoms with van der Waals surface area (Å²) in [4.78, 5) is 46.7. The molecular formula is C20H20FN5O4. The predicted octanol–water partition coefficient (Wildman–Crippen LogP) is -0.465. The fourth-order valence-electron chi connectivity index (χ4n) is 3.10. The van der Waals surface area contributed by atoms with Gasteiger partial charge in [0.1, 0.15) is 5.82 Å². The molecule has 3 amide bonds. The number of aliphatic imine (C=N–C) groups is 1. The van der Waals surface area contributed by atoms with Crippen molar-refractivity contribution < 1.29 is 23.9 Å². The molecule has 0 aliphatic carbocycles. The topological polar surface area (TPSA) is 138 Å². The maximum Gasteiger partial charge on any atom is 0.287 e.